The lowest BCUT2D eigenvalue weighted by Gasteiger charge is -2.33. The third-order valence-electron chi connectivity index (χ3n) is 3.79. The number of carbonyl (C=O) groups excluding carboxylic acids is 1. The van der Waals surface area contributed by atoms with Crippen LogP contribution in [0.4, 0.5) is 0 Å². The molecule has 1 aliphatic rings. The normalized spacial score (nSPS) is 24.2. The highest BCUT2D eigenvalue weighted by Gasteiger charge is 2.31. The number of ether oxygens (including phenoxy) is 1. The van der Waals surface area contributed by atoms with Crippen LogP contribution in [0.15, 0.2) is 24.3 Å². The minimum absolute atomic E-state index is 0.000190. The monoisotopic (exact) mass is 262 g/mol. The minimum atomic E-state index is -0.0223. The third-order valence-corrected chi connectivity index (χ3v) is 3.79. The van der Waals surface area contributed by atoms with Gasteiger partial charge >= 0.3 is 0 Å². The molecule has 0 spiro atoms. The van der Waals surface area contributed by atoms with Crippen molar-refractivity contribution in [1.82, 2.24) is 4.90 Å². The Morgan fingerprint density at radius 2 is 2.05 bits per heavy atom. The average molecular weight is 262 g/mol. The lowest BCUT2D eigenvalue weighted by molar-refractivity contribution is -0.133. The number of rotatable bonds is 3. The van der Waals surface area contributed by atoms with Crippen molar-refractivity contribution in [2.24, 2.45) is 5.73 Å². The van der Waals surface area contributed by atoms with E-state index in [4.69, 9.17) is 10.5 Å². The molecule has 1 aromatic carbocycles. The van der Waals surface area contributed by atoms with Crippen LogP contribution in [0.2, 0.25) is 0 Å². The number of hydrogen-bond acceptors (Lipinski definition) is 3. The highest BCUT2D eigenvalue weighted by molar-refractivity contribution is 5.77. The number of likely N-dealkylation sites (N-methyl/N-ethyl adjacent to an activating group) is 1. The SMILES string of the molecule is CCN1C(=O)CCCC(N)C1c1ccc(OC)cc1. The minimum Gasteiger partial charge on any atom is -0.497 e. The summed E-state index contributed by atoms with van der Waals surface area (Å²) in [5.41, 5.74) is 7.37. The highest BCUT2D eigenvalue weighted by atomic mass is 16.5. The Morgan fingerprint density at radius 3 is 2.63 bits per heavy atom. The van der Waals surface area contributed by atoms with Crippen LogP contribution in [-0.2, 0) is 4.79 Å². The molecule has 0 aromatic heterocycles. The van der Waals surface area contributed by atoms with Gasteiger partial charge in [-0.3, -0.25) is 4.79 Å². The van der Waals surface area contributed by atoms with Crippen LogP contribution in [0.1, 0.15) is 37.8 Å². The van der Waals surface area contributed by atoms with Gasteiger partial charge in [-0.1, -0.05) is 12.1 Å². The molecule has 2 unspecified atom stereocenters. The van der Waals surface area contributed by atoms with Crippen LogP contribution in [0.3, 0.4) is 0 Å². The van der Waals surface area contributed by atoms with E-state index in [0.29, 0.717) is 13.0 Å². The number of amides is 1. The fraction of sp³-hybridized carbons (Fsp3) is 0.533. The molecular weight excluding hydrogens is 240 g/mol. The first kappa shape index (κ1) is 13.9. The van der Waals surface area contributed by atoms with Gasteiger partial charge in [0.05, 0.1) is 13.2 Å². The Bertz CT molecular complexity index is 430. The van der Waals surface area contributed by atoms with Crippen LogP contribution < -0.4 is 10.5 Å². The summed E-state index contributed by atoms with van der Waals surface area (Å²) in [4.78, 5) is 14.0. The number of carbonyl (C=O) groups is 1. The number of nitrogens with two attached hydrogens (primary N) is 1. The summed E-state index contributed by atoms with van der Waals surface area (Å²) >= 11 is 0. The zero-order valence-corrected chi connectivity index (χ0v) is 11.6. The predicted octanol–water partition coefficient (Wildman–Crippen LogP) is 2.10. The fourth-order valence-electron chi connectivity index (χ4n) is 2.78. The van der Waals surface area contributed by atoms with E-state index in [-0.39, 0.29) is 18.0 Å². The van der Waals surface area contributed by atoms with Crippen LogP contribution in [0.25, 0.3) is 0 Å². The van der Waals surface area contributed by atoms with Crippen molar-refractivity contribution in [3.05, 3.63) is 29.8 Å². The zero-order chi connectivity index (χ0) is 13.8. The molecular formula is C15H22N2O2. The van der Waals surface area contributed by atoms with Gasteiger partial charge in [0.15, 0.2) is 0 Å². The second-order valence-electron chi connectivity index (χ2n) is 4.95. The van der Waals surface area contributed by atoms with E-state index < -0.39 is 0 Å². The fourth-order valence-corrected chi connectivity index (χ4v) is 2.78. The summed E-state index contributed by atoms with van der Waals surface area (Å²) in [7, 11) is 1.65. The van der Waals surface area contributed by atoms with Crippen LogP contribution in [0.5, 0.6) is 5.75 Å². The van der Waals surface area contributed by atoms with Crippen molar-refractivity contribution in [3.8, 4) is 5.75 Å². The van der Waals surface area contributed by atoms with E-state index in [1.807, 2.05) is 36.1 Å². The van der Waals surface area contributed by atoms with E-state index in [9.17, 15) is 4.79 Å². The van der Waals surface area contributed by atoms with Crippen molar-refractivity contribution in [1.29, 1.82) is 0 Å². The second-order valence-corrected chi connectivity index (χ2v) is 4.95. The largest absolute Gasteiger partial charge is 0.497 e. The van der Waals surface area contributed by atoms with Crippen molar-refractivity contribution in [3.63, 3.8) is 0 Å². The topological polar surface area (TPSA) is 55.6 Å². The van der Waals surface area contributed by atoms with Gasteiger partial charge in [0.2, 0.25) is 5.91 Å². The molecule has 1 saturated heterocycles. The van der Waals surface area contributed by atoms with Gasteiger partial charge in [-0.25, -0.2) is 0 Å². The average Bonchev–Trinajstić information content (AvgIpc) is 2.57. The molecule has 1 aromatic rings. The first-order valence-corrected chi connectivity index (χ1v) is 6.86. The maximum Gasteiger partial charge on any atom is 0.223 e. The van der Waals surface area contributed by atoms with E-state index in [1.165, 1.54) is 0 Å². The lowest BCUT2D eigenvalue weighted by Crippen LogP contribution is -2.42. The molecule has 104 valence electrons. The summed E-state index contributed by atoms with van der Waals surface area (Å²) < 4.78 is 5.17. The molecule has 0 aliphatic carbocycles. The van der Waals surface area contributed by atoms with Crippen LogP contribution in [0, 0.1) is 0 Å². The Labute approximate surface area is 114 Å². The summed E-state index contributed by atoms with van der Waals surface area (Å²) in [6.45, 7) is 2.70. The standard InChI is InChI=1S/C15H22N2O2/c1-3-17-14(18)6-4-5-13(16)15(17)11-7-9-12(19-2)10-8-11/h7-10,13,15H,3-6,16H2,1-2H3. The second kappa shape index (κ2) is 6.06. The van der Waals surface area contributed by atoms with Crippen LogP contribution in [-0.4, -0.2) is 30.5 Å². The van der Waals surface area contributed by atoms with Gasteiger partial charge < -0.3 is 15.4 Å². The number of nitrogens with zero attached hydrogens (tertiary/aromatic N) is 1. The van der Waals surface area contributed by atoms with Gasteiger partial charge in [-0.05, 0) is 37.5 Å². The maximum absolute atomic E-state index is 12.1. The van der Waals surface area contributed by atoms with E-state index >= 15 is 0 Å². The lowest BCUT2D eigenvalue weighted by atomic mass is 9.96. The van der Waals surface area contributed by atoms with Crippen molar-refractivity contribution in [2.75, 3.05) is 13.7 Å². The number of likely N-dealkylation sites (tertiary alicyclic amines) is 1. The van der Waals surface area contributed by atoms with Crippen molar-refractivity contribution >= 4 is 5.91 Å². The Hall–Kier alpha value is -1.55. The van der Waals surface area contributed by atoms with E-state index in [0.717, 1.165) is 24.2 Å². The third kappa shape index (κ3) is 2.89. The molecule has 4 nitrogen and oxygen atoms in total. The molecule has 2 N–H and O–H groups in total. The van der Waals surface area contributed by atoms with Gasteiger partial charge in [0, 0.05) is 19.0 Å². The molecule has 4 heteroatoms. The van der Waals surface area contributed by atoms with E-state index in [1.54, 1.807) is 7.11 Å². The molecule has 2 atom stereocenters. The van der Waals surface area contributed by atoms with E-state index in [2.05, 4.69) is 0 Å². The molecule has 19 heavy (non-hydrogen) atoms. The summed E-state index contributed by atoms with van der Waals surface area (Å²) in [5, 5.41) is 0. The summed E-state index contributed by atoms with van der Waals surface area (Å²) in [5.74, 6) is 1.02. The Kier molecular flexibility index (Phi) is 4.43. The Morgan fingerprint density at radius 1 is 1.37 bits per heavy atom. The maximum atomic E-state index is 12.1. The van der Waals surface area contributed by atoms with Gasteiger partial charge in [0.1, 0.15) is 5.75 Å². The first-order valence-electron chi connectivity index (χ1n) is 6.86. The molecule has 1 fully saturated rings. The smallest absolute Gasteiger partial charge is 0.223 e. The summed E-state index contributed by atoms with van der Waals surface area (Å²) in [6, 6.07) is 7.83. The molecule has 0 bridgehead atoms. The number of hydrogen-bond donors (Lipinski definition) is 1. The number of methoxy groups -OCH3 is 1. The quantitative estimate of drug-likeness (QED) is 0.907. The molecule has 1 heterocycles. The Balaban J connectivity index is 2.32. The van der Waals surface area contributed by atoms with Gasteiger partial charge in [0.25, 0.3) is 0 Å². The van der Waals surface area contributed by atoms with Crippen LogP contribution >= 0.6 is 0 Å². The molecule has 1 aliphatic heterocycles. The molecule has 0 radical (unpaired) electrons. The zero-order valence-electron chi connectivity index (χ0n) is 11.6. The van der Waals surface area contributed by atoms with Gasteiger partial charge in [-0.2, -0.15) is 0 Å². The molecule has 0 saturated carbocycles. The predicted molar refractivity (Wildman–Crippen MR) is 74.9 cm³/mol. The van der Waals surface area contributed by atoms with Crippen molar-refractivity contribution < 1.29 is 9.53 Å². The van der Waals surface area contributed by atoms with Crippen molar-refractivity contribution in [2.45, 2.75) is 38.3 Å². The van der Waals surface area contributed by atoms with Gasteiger partial charge in [-0.15, -0.1) is 0 Å². The highest BCUT2D eigenvalue weighted by Crippen LogP contribution is 2.30. The molecule has 2 rings (SSSR count). The number of benzene rings is 1. The summed E-state index contributed by atoms with van der Waals surface area (Å²) in [6.07, 6.45) is 2.37. The molecule has 1 amide bonds. The first-order chi connectivity index (χ1) is 9.17.